The fraction of sp³-hybridized carbons (Fsp3) is 0.250. The number of thiophene rings is 1. The normalized spacial score (nSPS) is 12.4. The predicted molar refractivity (Wildman–Crippen MR) is 73.0 cm³/mol. The lowest BCUT2D eigenvalue weighted by Crippen LogP contribution is -2.16. The molecule has 2 aromatic rings. The van der Waals surface area contributed by atoms with E-state index in [9.17, 15) is 4.79 Å². The number of nitrogens with one attached hydrogen (secondary N) is 1. The van der Waals surface area contributed by atoms with Crippen LogP contribution in [0.3, 0.4) is 0 Å². The van der Waals surface area contributed by atoms with Crippen LogP contribution in [-0.2, 0) is 7.05 Å². The Labute approximate surface area is 109 Å². The van der Waals surface area contributed by atoms with Crippen LogP contribution >= 0.6 is 22.9 Å². The van der Waals surface area contributed by atoms with E-state index in [0.717, 1.165) is 10.0 Å². The third-order valence-electron chi connectivity index (χ3n) is 2.49. The standard InChI is InChI=1S/C12H13ClN2OS/c1-8(10-4-5-11(13)17-10)14-9-3-6-12(16)15(2)7-9/h3-8,14H,1-2H3. The molecular formula is C12H13ClN2OS. The van der Waals surface area contributed by atoms with Gasteiger partial charge in [0.15, 0.2) is 0 Å². The Balaban J connectivity index is 2.15. The molecule has 1 atom stereocenters. The number of aromatic nitrogens is 1. The third kappa shape index (κ3) is 2.90. The second kappa shape index (κ2) is 4.94. The summed E-state index contributed by atoms with van der Waals surface area (Å²) in [5.74, 6) is 0. The zero-order valence-corrected chi connectivity index (χ0v) is 11.2. The van der Waals surface area contributed by atoms with Crippen molar-refractivity contribution in [1.82, 2.24) is 4.57 Å². The zero-order chi connectivity index (χ0) is 12.4. The van der Waals surface area contributed by atoms with Crippen LogP contribution in [0.25, 0.3) is 0 Å². The molecule has 90 valence electrons. The highest BCUT2D eigenvalue weighted by molar-refractivity contribution is 7.16. The molecule has 5 heteroatoms. The Bertz CT molecular complexity index is 576. The van der Waals surface area contributed by atoms with E-state index in [4.69, 9.17) is 11.6 Å². The van der Waals surface area contributed by atoms with Gasteiger partial charge in [0.25, 0.3) is 0 Å². The molecule has 0 aliphatic rings. The van der Waals surface area contributed by atoms with Crippen molar-refractivity contribution in [1.29, 1.82) is 0 Å². The number of hydrogen-bond acceptors (Lipinski definition) is 3. The first-order chi connectivity index (χ1) is 8.06. The summed E-state index contributed by atoms with van der Waals surface area (Å²) >= 11 is 7.46. The average Bonchev–Trinajstić information content (AvgIpc) is 2.70. The van der Waals surface area contributed by atoms with Crippen LogP contribution in [0.1, 0.15) is 17.8 Å². The van der Waals surface area contributed by atoms with Crippen molar-refractivity contribution < 1.29 is 0 Å². The van der Waals surface area contributed by atoms with Gasteiger partial charge < -0.3 is 9.88 Å². The first-order valence-corrected chi connectivity index (χ1v) is 6.44. The summed E-state index contributed by atoms with van der Waals surface area (Å²) in [6, 6.07) is 7.41. The smallest absolute Gasteiger partial charge is 0.250 e. The van der Waals surface area contributed by atoms with Crippen molar-refractivity contribution in [3.63, 3.8) is 0 Å². The minimum Gasteiger partial charge on any atom is -0.377 e. The van der Waals surface area contributed by atoms with Crippen LogP contribution in [0, 0.1) is 0 Å². The molecule has 0 bridgehead atoms. The molecule has 0 radical (unpaired) electrons. The predicted octanol–water partition coefficient (Wildman–Crippen LogP) is 3.27. The van der Waals surface area contributed by atoms with Gasteiger partial charge in [-0.3, -0.25) is 4.79 Å². The molecule has 0 saturated heterocycles. The van der Waals surface area contributed by atoms with E-state index in [0.29, 0.717) is 0 Å². The maximum Gasteiger partial charge on any atom is 0.250 e. The van der Waals surface area contributed by atoms with Gasteiger partial charge >= 0.3 is 0 Å². The first kappa shape index (κ1) is 12.2. The molecule has 0 fully saturated rings. The fourth-order valence-corrected chi connectivity index (χ4v) is 2.62. The van der Waals surface area contributed by atoms with Crippen molar-refractivity contribution in [3.05, 3.63) is 50.0 Å². The SMILES string of the molecule is CC(Nc1ccc(=O)n(C)c1)c1ccc(Cl)s1. The van der Waals surface area contributed by atoms with Gasteiger partial charge in [0, 0.05) is 24.2 Å². The topological polar surface area (TPSA) is 34.0 Å². The summed E-state index contributed by atoms with van der Waals surface area (Å²) in [5.41, 5.74) is 0.909. The van der Waals surface area contributed by atoms with Crippen LogP contribution in [0.4, 0.5) is 5.69 Å². The molecule has 17 heavy (non-hydrogen) atoms. The van der Waals surface area contributed by atoms with E-state index < -0.39 is 0 Å². The molecular weight excluding hydrogens is 256 g/mol. The number of anilines is 1. The van der Waals surface area contributed by atoms with E-state index in [1.165, 1.54) is 4.88 Å². The minimum absolute atomic E-state index is 0.0117. The lowest BCUT2D eigenvalue weighted by atomic mass is 10.2. The molecule has 0 aliphatic heterocycles. The summed E-state index contributed by atoms with van der Waals surface area (Å²) in [6.07, 6.45) is 1.79. The maximum absolute atomic E-state index is 11.3. The van der Waals surface area contributed by atoms with Crippen LogP contribution < -0.4 is 10.9 Å². The fourth-order valence-electron chi connectivity index (χ4n) is 1.56. The average molecular weight is 269 g/mol. The zero-order valence-electron chi connectivity index (χ0n) is 9.61. The highest BCUT2D eigenvalue weighted by Gasteiger charge is 2.08. The Morgan fingerprint density at radius 1 is 1.35 bits per heavy atom. The van der Waals surface area contributed by atoms with Gasteiger partial charge in [-0.1, -0.05) is 11.6 Å². The van der Waals surface area contributed by atoms with Crippen LogP contribution in [0.2, 0.25) is 4.34 Å². The van der Waals surface area contributed by atoms with Crippen LogP contribution in [0.15, 0.2) is 35.3 Å². The third-order valence-corrected chi connectivity index (χ3v) is 3.90. The maximum atomic E-state index is 11.3. The number of nitrogens with zero attached hydrogens (tertiary/aromatic N) is 1. The molecule has 3 nitrogen and oxygen atoms in total. The van der Waals surface area contributed by atoms with Gasteiger partial charge in [-0.25, -0.2) is 0 Å². The van der Waals surface area contributed by atoms with Crippen LogP contribution in [-0.4, -0.2) is 4.57 Å². The van der Waals surface area contributed by atoms with Crippen molar-refractivity contribution in [2.75, 3.05) is 5.32 Å². The van der Waals surface area contributed by atoms with E-state index in [2.05, 4.69) is 12.2 Å². The Hall–Kier alpha value is -1.26. The lowest BCUT2D eigenvalue weighted by molar-refractivity contribution is 0.845. The van der Waals surface area contributed by atoms with E-state index >= 15 is 0 Å². The molecule has 0 amide bonds. The summed E-state index contributed by atoms with van der Waals surface area (Å²) in [6.45, 7) is 2.06. The van der Waals surface area contributed by atoms with Crippen molar-refractivity contribution in [2.24, 2.45) is 7.05 Å². The molecule has 0 aromatic carbocycles. The molecule has 1 N–H and O–H groups in total. The number of hydrogen-bond donors (Lipinski definition) is 1. The van der Waals surface area contributed by atoms with E-state index in [1.807, 2.05) is 12.1 Å². The lowest BCUT2D eigenvalue weighted by Gasteiger charge is -2.14. The van der Waals surface area contributed by atoms with Gasteiger partial charge in [0.2, 0.25) is 5.56 Å². The monoisotopic (exact) mass is 268 g/mol. The number of halogens is 1. The highest BCUT2D eigenvalue weighted by Crippen LogP contribution is 2.28. The summed E-state index contributed by atoms with van der Waals surface area (Å²) in [7, 11) is 1.74. The van der Waals surface area contributed by atoms with Gasteiger partial charge in [-0.15, -0.1) is 11.3 Å². The molecule has 2 heterocycles. The van der Waals surface area contributed by atoms with Crippen molar-refractivity contribution >= 4 is 28.6 Å². The Kier molecular flexibility index (Phi) is 3.54. The number of aryl methyl sites for hydroxylation is 1. The van der Waals surface area contributed by atoms with E-state index in [1.54, 1.807) is 41.3 Å². The molecule has 0 aliphatic carbocycles. The molecule has 0 spiro atoms. The minimum atomic E-state index is -0.0117. The van der Waals surface area contributed by atoms with Gasteiger partial charge in [0.05, 0.1) is 16.1 Å². The van der Waals surface area contributed by atoms with E-state index in [-0.39, 0.29) is 11.6 Å². The summed E-state index contributed by atoms with van der Waals surface area (Å²) in [5, 5.41) is 3.33. The summed E-state index contributed by atoms with van der Waals surface area (Å²) < 4.78 is 2.34. The number of rotatable bonds is 3. The van der Waals surface area contributed by atoms with Gasteiger partial charge in [-0.05, 0) is 25.1 Å². The first-order valence-electron chi connectivity index (χ1n) is 5.25. The van der Waals surface area contributed by atoms with Crippen molar-refractivity contribution in [2.45, 2.75) is 13.0 Å². The molecule has 1 unspecified atom stereocenters. The van der Waals surface area contributed by atoms with Crippen LogP contribution in [0.5, 0.6) is 0 Å². The van der Waals surface area contributed by atoms with Gasteiger partial charge in [0.1, 0.15) is 0 Å². The Morgan fingerprint density at radius 2 is 2.12 bits per heavy atom. The molecule has 0 saturated carbocycles. The van der Waals surface area contributed by atoms with Crippen molar-refractivity contribution in [3.8, 4) is 0 Å². The number of pyridine rings is 1. The Morgan fingerprint density at radius 3 is 2.71 bits per heavy atom. The largest absolute Gasteiger partial charge is 0.377 e. The van der Waals surface area contributed by atoms with Gasteiger partial charge in [-0.2, -0.15) is 0 Å². The summed E-state index contributed by atoms with van der Waals surface area (Å²) in [4.78, 5) is 12.4. The quantitative estimate of drug-likeness (QED) is 0.927. The molecule has 2 rings (SSSR count). The highest BCUT2D eigenvalue weighted by atomic mass is 35.5. The second-order valence-electron chi connectivity index (χ2n) is 3.87. The second-order valence-corrected chi connectivity index (χ2v) is 5.62. The molecule has 2 aromatic heterocycles.